The fraction of sp³-hybridized carbons (Fsp3) is 0.231. The van der Waals surface area contributed by atoms with Crippen LogP contribution in [0.4, 0.5) is 5.95 Å². The van der Waals surface area contributed by atoms with Crippen LogP contribution in [0.25, 0.3) is 0 Å². The van der Waals surface area contributed by atoms with Crippen molar-refractivity contribution in [1.82, 2.24) is 9.97 Å². The predicted octanol–water partition coefficient (Wildman–Crippen LogP) is 2.48. The highest BCUT2D eigenvalue weighted by Crippen LogP contribution is 2.26. The molecular weight excluding hydrogens is 228 g/mol. The van der Waals surface area contributed by atoms with Crippen molar-refractivity contribution in [2.45, 2.75) is 20.8 Å². The number of nitrogens with zero attached hydrogens (tertiary/aromatic N) is 2. The molecule has 18 heavy (non-hydrogen) atoms. The second-order valence-corrected chi connectivity index (χ2v) is 4.12. The fourth-order valence-electron chi connectivity index (χ4n) is 1.60. The average molecular weight is 244 g/mol. The molecule has 0 radical (unpaired) electrons. The van der Waals surface area contributed by atoms with Crippen LogP contribution in [-0.2, 0) is 0 Å². The molecule has 0 aliphatic rings. The van der Waals surface area contributed by atoms with E-state index in [-0.39, 0.29) is 0 Å². The first-order valence-corrected chi connectivity index (χ1v) is 5.66. The molecule has 0 unspecified atom stereocenters. The van der Waals surface area contributed by atoms with Gasteiger partial charge in [0.05, 0.1) is 0 Å². The Bertz CT molecular complexity index is 569. The molecule has 5 nitrogen and oxygen atoms in total. The highest BCUT2D eigenvalue weighted by atomic mass is 16.5. The van der Waals surface area contributed by atoms with Crippen LogP contribution in [0.3, 0.4) is 0 Å². The minimum Gasteiger partial charge on any atom is -0.439 e. The number of benzene rings is 1. The average Bonchev–Trinajstić information content (AvgIpc) is 2.34. The molecule has 3 N–H and O–H groups in total. The van der Waals surface area contributed by atoms with E-state index in [9.17, 15) is 0 Å². The monoisotopic (exact) mass is 244 g/mol. The van der Waals surface area contributed by atoms with Crippen molar-refractivity contribution >= 4 is 5.95 Å². The summed E-state index contributed by atoms with van der Waals surface area (Å²) < 4.78 is 5.77. The largest absolute Gasteiger partial charge is 0.439 e. The second-order valence-electron chi connectivity index (χ2n) is 4.12. The molecule has 94 valence electrons. The summed E-state index contributed by atoms with van der Waals surface area (Å²) in [6.07, 6.45) is 0. The Kier molecular flexibility index (Phi) is 3.43. The molecule has 1 aromatic carbocycles. The van der Waals surface area contributed by atoms with Crippen molar-refractivity contribution in [3.63, 3.8) is 0 Å². The highest BCUT2D eigenvalue weighted by molar-refractivity contribution is 5.41. The van der Waals surface area contributed by atoms with Crippen LogP contribution in [0.1, 0.15) is 16.8 Å². The molecule has 1 aromatic heterocycles. The lowest BCUT2D eigenvalue weighted by Gasteiger charge is -2.10. The van der Waals surface area contributed by atoms with Gasteiger partial charge in [0.25, 0.3) is 0 Å². The van der Waals surface area contributed by atoms with Crippen molar-refractivity contribution in [3.8, 4) is 11.6 Å². The molecule has 0 saturated heterocycles. The molecule has 0 bridgehead atoms. The molecule has 0 spiro atoms. The van der Waals surface area contributed by atoms with Gasteiger partial charge in [0, 0.05) is 11.8 Å². The summed E-state index contributed by atoms with van der Waals surface area (Å²) in [6.45, 7) is 5.92. The molecule has 0 fully saturated rings. The Morgan fingerprint density at radius 3 is 2.67 bits per heavy atom. The molecule has 0 amide bonds. The van der Waals surface area contributed by atoms with E-state index < -0.39 is 0 Å². The standard InChI is InChI=1S/C13H16N4O/c1-8-5-4-6-11(10(8)3)18-12-7-9(2)15-13(16-12)17-14/h4-7H,14H2,1-3H3,(H,15,16,17). The van der Waals surface area contributed by atoms with Crippen LogP contribution >= 0.6 is 0 Å². The zero-order chi connectivity index (χ0) is 13.1. The maximum absolute atomic E-state index is 5.77. The third-order valence-corrected chi connectivity index (χ3v) is 2.73. The summed E-state index contributed by atoms with van der Waals surface area (Å²) in [4.78, 5) is 8.26. The minimum atomic E-state index is 0.343. The highest BCUT2D eigenvalue weighted by Gasteiger charge is 2.06. The Hall–Kier alpha value is -2.14. The molecule has 0 saturated carbocycles. The zero-order valence-corrected chi connectivity index (χ0v) is 10.7. The van der Waals surface area contributed by atoms with E-state index in [1.807, 2.05) is 39.0 Å². The van der Waals surface area contributed by atoms with Crippen LogP contribution in [0.5, 0.6) is 11.6 Å². The predicted molar refractivity (Wildman–Crippen MR) is 70.6 cm³/mol. The number of ether oxygens (including phenoxy) is 1. The van der Waals surface area contributed by atoms with E-state index in [4.69, 9.17) is 10.6 Å². The number of aryl methyl sites for hydroxylation is 2. The molecule has 0 aliphatic heterocycles. The summed E-state index contributed by atoms with van der Waals surface area (Å²) in [5.74, 6) is 6.91. The van der Waals surface area contributed by atoms with Gasteiger partial charge in [-0.05, 0) is 38.0 Å². The summed E-state index contributed by atoms with van der Waals surface area (Å²) >= 11 is 0. The summed E-state index contributed by atoms with van der Waals surface area (Å²) in [5.41, 5.74) is 5.48. The number of hydrogen-bond donors (Lipinski definition) is 2. The van der Waals surface area contributed by atoms with Gasteiger partial charge in [-0.1, -0.05) is 12.1 Å². The number of hydrazine groups is 1. The van der Waals surface area contributed by atoms with Gasteiger partial charge in [0.15, 0.2) is 0 Å². The van der Waals surface area contributed by atoms with Crippen LogP contribution in [0.2, 0.25) is 0 Å². The first-order valence-electron chi connectivity index (χ1n) is 5.66. The molecule has 5 heteroatoms. The quantitative estimate of drug-likeness (QED) is 0.641. The van der Waals surface area contributed by atoms with Crippen LogP contribution in [0.15, 0.2) is 24.3 Å². The Labute approximate surface area is 106 Å². The topological polar surface area (TPSA) is 73.1 Å². The molecule has 2 aromatic rings. The second kappa shape index (κ2) is 5.01. The number of anilines is 1. The van der Waals surface area contributed by atoms with Gasteiger partial charge in [0.2, 0.25) is 11.8 Å². The molecule has 1 heterocycles. The molecule has 0 aliphatic carbocycles. The lowest BCUT2D eigenvalue weighted by molar-refractivity contribution is 0.457. The van der Waals surface area contributed by atoms with E-state index in [1.165, 1.54) is 5.56 Å². The van der Waals surface area contributed by atoms with E-state index in [0.29, 0.717) is 11.8 Å². The van der Waals surface area contributed by atoms with Gasteiger partial charge in [-0.2, -0.15) is 4.98 Å². The lowest BCUT2D eigenvalue weighted by atomic mass is 10.1. The first-order chi connectivity index (χ1) is 8.60. The number of nitrogens with two attached hydrogens (primary N) is 1. The van der Waals surface area contributed by atoms with Gasteiger partial charge in [-0.15, -0.1) is 0 Å². The minimum absolute atomic E-state index is 0.343. The van der Waals surface area contributed by atoms with Crippen LogP contribution < -0.4 is 16.0 Å². The number of rotatable bonds is 3. The van der Waals surface area contributed by atoms with Gasteiger partial charge in [-0.25, -0.2) is 10.8 Å². The molecule has 2 rings (SSSR count). The summed E-state index contributed by atoms with van der Waals surface area (Å²) in [6, 6.07) is 7.67. The number of nitrogen functional groups attached to an aromatic ring is 1. The van der Waals surface area contributed by atoms with Crippen molar-refractivity contribution < 1.29 is 4.74 Å². The van der Waals surface area contributed by atoms with Gasteiger partial charge >= 0.3 is 0 Å². The maximum Gasteiger partial charge on any atom is 0.240 e. The van der Waals surface area contributed by atoms with E-state index >= 15 is 0 Å². The van der Waals surface area contributed by atoms with Crippen molar-refractivity contribution in [1.29, 1.82) is 0 Å². The molecular formula is C13H16N4O. The van der Waals surface area contributed by atoms with Crippen LogP contribution in [-0.4, -0.2) is 9.97 Å². The van der Waals surface area contributed by atoms with Crippen molar-refractivity contribution in [3.05, 3.63) is 41.1 Å². The first kappa shape index (κ1) is 12.3. The van der Waals surface area contributed by atoms with Gasteiger partial charge in [0.1, 0.15) is 5.75 Å². The SMILES string of the molecule is Cc1cc(Oc2cccc(C)c2C)nc(NN)n1. The fourth-order valence-corrected chi connectivity index (χ4v) is 1.60. The maximum atomic E-state index is 5.77. The number of nitrogens with one attached hydrogen (secondary N) is 1. The third-order valence-electron chi connectivity index (χ3n) is 2.73. The van der Waals surface area contributed by atoms with E-state index in [2.05, 4.69) is 15.4 Å². The van der Waals surface area contributed by atoms with Gasteiger partial charge < -0.3 is 4.74 Å². The number of aromatic nitrogens is 2. The van der Waals surface area contributed by atoms with E-state index in [1.54, 1.807) is 6.07 Å². The zero-order valence-electron chi connectivity index (χ0n) is 10.7. The Morgan fingerprint density at radius 2 is 1.94 bits per heavy atom. The lowest BCUT2D eigenvalue weighted by Crippen LogP contribution is -2.11. The Balaban J connectivity index is 2.34. The normalized spacial score (nSPS) is 10.2. The van der Waals surface area contributed by atoms with Crippen LogP contribution in [0, 0.1) is 20.8 Å². The van der Waals surface area contributed by atoms with Gasteiger partial charge in [-0.3, -0.25) is 5.43 Å². The summed E-state index contributed by atoms with van der Waals surface area (Å²) in [5, 5.41) is 0. The third kappa shape index (κ3) is 2.57. The smallest absolute Gasteiger partial charge is 0.240 e. The van der Waals surface area contributed by atoms with E-state index in [0.717, 1.165) is 17.0 Å². The van der Waals surface area contributed by atoms with Crippen molar-refractivity contribution in [2.24, 2.45) is 5.84 Å². The van der Waals surface area contributed by atoms with Crippen molar-refractivity contribution in [2.75, 3.05) is 5.43 Å². The number of hydrogen-bond acceptors (Lipinski definition) is 5. The molecule has 0 atom stereocenters. The summed E-state index contributed by atoms with van der Waals surface area (Å²) in [7, 11) is 0. The Morgan fingerprint density at radius 1 is 1.17 bits per heavy atom.